The van der Waals surface area contributed by atoms with Gasteiger partial charge in [0.05, 0.1) is 0 Å². The Balaban J connectivity index is 1.92. The smallest absolute Gasteiger partial charge is 0.0158 e. The topological polar surface area (TPSA) is 15.3 Å². The second kappa shape index (κ2) is 6.68. The van der Waals surface area contributed by atoms with Gasteiger partial charge in [0, 0.05) is 11.8 Å². The van der Waals surface area contributed by atoms with Crippen LogP contribution in [0.15, 0.2) is 0 Å². The molecule has 3 heteroatoms. The van der Waals surface area contributed by atoms with E-state index < -0.39 is 0 Å². The number of thioether (sulfide) groups is 1. The van der Waals surface area contributed by atoms with Crippen LogP contribution >= 0.6 is 11.8 Å². The number of rotatable bonds is 5. The molecule has 0 amide bonds. The fraction of sp³-hybridized carbons (Fsp3) is 1.00. The zero-order chi connectivity index (χ0) is 9.52. The minimum Gasteiger partial charge on any atom is -0.313 e. The Labute approximate surface area is 86.5 Å². The van der Waals surface area contributed by atoms with E-state index in [4.69, 9.17) is 0 Å². The molecular weight excluding hydrogens is 180 g/mol. The Morgan fingerprint density at radius 1 is 1.46 bits per heavy atom. The maximum absolute atomic E-state index is 3.63. The molecule has 0 aliphatic carbocycles. The zero-order valence-corrected chi connectivity index (χ0v) is 9.70. The number of nitrogens with one attached hydrogen (secondary N) is 1. The van der Waals surface area contributed by atoms with Crippen molar-refractivity contribution in [1.82, 2.24) is 10.2 Å². The van der Waals surface area contributed by atoms with Crippen molar-refractivity contribution >= 4 is 11.8 Å². The molecule has 78 valence electrons. The van der Waals surface area contributed by atoms with Gasteiger partial charge >= 0.3 is 0 Å². The fourth-order valence-corrected chi connectivity index (χ4v) is 2.71. The maximum atomic E-state index is 3.63. The Morgan fingerprint density at radius 2 is 2.31 bits per heavy atom. The fourth-order valence-electron chi connectivity index (χ4n) is 1.60. The molecular formula is C10H22N2S. The predicted octanol–water partition coefficient (Wildman–Crippen LogP) is 1.42. The highest BCUT2D eigenvalue weighted by Crippen LogP contribution is 2.16. The molecule has 2 nitrogen and oxygen atoms in total. The van der Waals surface area contributed by atoms with Gasteiger partial charge in [0.2, 0.25) is 0 Å². The van der Waals surface area contributed by atoms with Crippen molar-refractivity contribution in [2.45, 2.75) is 25.3 Å². The van der Waals surface area contributed by atoms with Crippen molar-refractivity contribution < 1.29 is 0 Å². The molecule has 1 atom stereocenters. The highest BCUT2D eigenvalue weighted by atomic mass is 32.2. The molecule has 0 unspecified atom stereocenters. The molecule has 0 bridgehead atoms. The van der Waals surface area contributed by atoms with E-state index in [2.05, 4.69) is 36.1 Å². The lowest BCUT2D eigenvalue weighted by atomic mass is 10.2. The van der Waals surface area contributed by atoms with Gasteiger partial charge in [-0.2, -0.15) is 11.8 Å². The minimum atomic E-state index is 0.793. The van der Waals surface area contributed by atoms with Crippen molar-refractivity contribution in [3.05, 3.63) is 0 Å². The average Bonchev–Trinajstić information content (AvgIpc) is 2.14. The van der Waals surface area contributed by atoms with Gasteiger partial charge in [-0.3, -0.25) is 0 Å². The molecule has 0 aromatic carbocycles. The normalized spacial score (nSPS) is 23.8. The van der Waals surface area contributed by atoms with E-state index in [1.165, 1.54) is 43.9 Å². The van der Waals surface area contributed by atoms with Crippen LogP contribution < -0.4 is 5.32 Å². The van der Waals surface area contributed by atoms with E-state index in [1.54, 1.807) is 0 Å². The van der Waals surface area contributed by atoms with Gasteiger partial charge in [-0.05, 0) is 52.2 Å². The Hall–Kier alpha value is 0.270. The van der Waals surface area contributed by atoms with E-state index in [0.29, 0.717) is 0 Å². The lowest BCUT2D eigenvalue weighted by molar-refractivity contribution is 0.385. The maximum Gasteiger partial charge on any atom is 0.0158 e. The summed E-state index contributed by atoms with van der Waals surface area (Å²) >= 11 is 2.09. The third-order valence-electron chi connectivity index (χ3n) is 2.38. The van der Waals surface area contributed by atoms with E-state index >= 15 is 0 Å². The highest BCUT2D eigenvalue weighted by Gasteiger charge is 2.11. The highest BCUT2D eigenvalue weighted by molar-refractivity contribution is 7.99. The number of nitrogens with zero attached hydrogens (tertiary/aromatic N) is 1. The van der Waals surface area contributed by atoms with Crippen LogP contribution in [0.2, 0.25) is 0 Å². The Kier molecular flexibility index (Phi) is 5.83. The molecule has 1 aliphatic heterocycles. The van der Waals surface area contributed by atoms with Crippen molar-refractivity contribution in [2.24, 2.45) is 0 Å². The molecule has 0 aromatic heterocycles. The molecule has 13 heavy (non-hydrogen) atoms. The summed E-state index contributed by atoms with van der Waals surface area (Å²) < 4.78 is 0. The molecule has 0 spiro atoms. The van der Waals surface area contributed by atoms with Gasteiger partial charge in [0.15, 0.2) is 0 Å². The molecule has 1 saturated heterocycles. The number of hydrogen-bond donors (Lipinski definition) is 1. The van der Waals surface area contributed by atoms with E-state index in [-0.39, 0.29) is 0 Å². The van der Waals surface area contributed by atoms with Crippen LogP contribution in [0.4, 0.5) is 0 Å². The van der Waals surface area contributed by atoms with E-state index in [1.807, 2.05) is 0 Å². The molecule has 0 saturated carbocycles. The lowest BCUT2D eigenvalue weighted by Crippen LogP contribution is -2.35. The van der Waals surface area contributed by atoms with Crippen molar-refractivity contribution in [2.75, 3.05) is 38.7 Å². The molecule has 1 rings (SSSR count). The molecule has 1 N–H and O–H groups in total. The van der Waals surface area contributed by atoms with Crippen molar-refractivity contribution in [3.63, 3.8) is 0 Å². The first kappa shape index (κ1) is 11.3. The molecule has 1 heterocycles. The first-order valence-corrected chi connectivity index (χ1v) is 6.40. The zero-order valence-electron chi connectivity index (χ0n) is 8.88. The van der Waals surface area contributed by atoms with Gasteiger partial charge in [-0.25, -0.2) is 0 Å². The summed E-state index contributed by atoms with van der Waals surface area (Å²) in [5.74, 6) is 2.69. The molecule has 1 aliphatic rings. The summed E-state index contributed by atoms with van der Waals surface area (Å²) in [5, 5.41) is 3.63. The van der Waals surface area contributed by atoms with Crippen LogP contribution in [0, 0.1) is 0 Å². The van der Waals surface area contributed by atoms with Crippen LogP contribution in [0.1, 0.15) is 19.3 Å². The molecule has 0 radical (unpaired) electrons. The third-order valence-corrected chi connectivity index (χ3v) is 3.59. The SMILES string of the molecule is CN(C)CCCN[C@H]1CCCSC1. The molecule has 0 aromatic rings. The van der Waals surface area contributed by atoms with Crippen LogP contribution in [-0.4, -0.2) is 49.6 Å². The standard InChI is InChI=1S/C10H22N2S/c1-12(2)7-4-6-11-10-5-3-8-13-9-10/h10-11H,3-9H2,1-2H3/t10-/m0/s1. The Morgan fingerprint density at radius 3 is 2.92 bits per heavy atom. The quantitative estimate of drug-likeness (QED) is 0.679. The van der Waals surface area contributed by atoms with E-state index in [0.717, 1.165) is 6.04 Å². The third kappa shape index (κ3) is 5.55. The summed E-state index contributed by atoms with van der Waals surface area (Å²) in [6, 6.07) is 0.793. The van der Waals surface area contributed by atoms with Gasteiger partial charge in [-0.15, -0.1) is 0 Å². The van der Waals surface area contributed by atoms with Gasteiger partial charge < -0.3 is 10.2 Å². The van der Waals surface area contributed by atoms with Crippen molar-refractivity contribution in [3.8, 4) is 0 Å². The lowest BCUT2D eigenvalue weighted by Gasteiger charge is -2.22. The van der Waals surface area contributed by atoms with Gasteiger partial charge in [-0.1, -0.05) is 0 Å². The van der Waals surface area contributed by atoms with Crippen LogP contribution in [-0.2, 0) is 0 Å². The van der Waals surface area contributed by atoms with Crippen LogP contribution in [0.25, 0.3) is 0 Å². The Bertz CT molecular complexity index is 122. The van der Waals surface area contributed by atoms with Crippen molar-refractivity contribution in [1.29, 1.82) is 0 Å². The minimum absolute atomic E-state index is 0.793. The molecule has 1 fully saturated rings. The summed E-state index contributed by atoms with van der Waals surface area (Å²) in [6.45, 7) is 2.39. The average molecular weight is 202 g/mol. The monoisotopic (exact) mass is 202 g/mol. The summed E-state index contributed by atoms with van der Waals surface area (Å²) in [6.07, 6.45) is 4.05. The van der Waals surface area contributed by atoms with Gasteiger partial charge in [0.1, 0.15) is 0 Å². The van der Waals surface area contributed by atoms with Crippen LogP contribution in [0.5, 0.6) is 0 Å². The first-order valence-electron chi connectivity index (χ1n) is 5.25. The largest absolute Gasteiger partial charge is 0.313 e. The second-order valence-electron chi connectivity index (χ2n) is 4.03. The van der Waals surface area contributed by atoms with Crippen LogP contribution in [0.3, 0.4) is 0 Å². The van der Waals surface area contributed by atoms with E-state index in [9.17, 15) is 0 Å². The predicted molar refractivity (Wildman–Crippen MR) is 61.5 cm³/mol. The summed E-state index contributed by atoms with van der Waals surface area (Å²) in [4.78, 5) is 2.25. The first-order chi connectivity index (χ1) is 6.29. The summed E-state index contributed by atoms with van der Waals surface area (Å²) in [7, 11) is 4.27. The summed E-state index contributed by atoms with van der Waals surface area (Å²) in [5.41, 5.74) is 0. The second-order valence-corrected chi connectivity index (χ2v) is 5.17. The van der Waals surface area contributed by atoms with Gasteiger partial charge in [0.25, 0.3) is 0 Å². The number of hydrogen-bond acceptors (Lipinski definition) is 3.